The Bertz CT molecular complexity index is 672. The van der Waals surface area contributed by atoms with E-state index in [0.717, 1.165) is 48.1 Å². The summed E-state index contributed by atoms with van der Waals surface area (Å²) in [6.07, 6.45) is 3.92. The van der Waals surface area contributed by atoms with Gasteiger partial charge in [0.1, 0.15) is 11.8 Å². The number of fused-ring (bicyclic) bond motifs is 1. The molecule has 2 aromatic rings. The lowest BCUT2D eigenvalue weighted by molar-refractivity contribution is -0.144. The van der Waals surface area contributed by atoms with Gasteiger partial charge in [0.2, 0.25) is 0 Å². The van der Waals surface area contributed by atoms with E-state index in [9.17, 15) is 9.90 Å². The predicted octanol–water partition coefficient (Wildman–Crippen LogP) is 3.03. The van der Waals surface area contributed by atoms with Crippen LogP contribution in [0.15, 0.2) is 24.4 Å². The van der Waals surface area contributed by atoms with Gasteiger partial charge in [-0.3, -0.25) is 9.69 Å². The second kappa shape index (κ2) is 6.01. The molecule has 5 nitrogen and oxygen atoms in total. The maximum absolute atomic E-state index is 11.9. The van der Waals surface area contributed by atoms with Crippen molar-refractivity contribution in [1.82, 2.24) is 9.88 Å². The highest BCUT2D eigenvalue weighted by Gasteiger charge is 2.31. The maximum atomic E-state index is 11.9. The molecule has 1 fully saturated rings. The first-order valence-corrected chi connectivity index (χ1v) is 7.72. The first kappa shape index (κ1) is 14.9. The standard InChI is InChI=1S/C17H22N2O3/c1-11-5-7-19(8-6-11)16(17(20)21)14-10-18-15-4-3-12(22-2)9-13(14)15/h3-4,9-11,16,18H,5-8H2,1-2H3,(H,20,21)/t16-/m1/s1. The minimum Gasteiger partial charge on any atom is -0.497 e. The maximum Gasteiger partial charge on any atom is 0.325 e. The topological polar surface area (TPSA) is 65.6 Å². The summed E-state index contributed by atoms with van der Waals surface area (Å²) in [6, 6.07) is 5.10. The van der Waals surface area contributed by atoms with Gasteiger partial charge in [0.25, 0.3) is 0 Å². The summed E-state index contributed by atoms with van der Waals surface area (Å²) in [5, 5.41) is 10.7. The van der Waals surface area contributed by atoms with Gasteiger partial charge < -0.3 is 14.8 Å². The number of ether oxygens (including phenoxy) is 1. The third-order valence-corrected chi connectivity index (χ3v) is 4.63. The molecule has 22 heavy (non-hydrogen) atoms. The fourth-order valence-electron chi connectivity index (χ4n) is 3.25. The third kappa shape index (κ3) is 2.68. The van der Waals surface area contributed by atoms with E-state index in [2.05, 4.69) is 16.8 Å². The Labute approximate surface area is 129 Å². The fraction of sp³-hybridized carbons (Fsp3) is 0.471. The number of carboxylic acids is 1. The molecule has 0 unspecified atom stereocenters. The Morgan fingerprint density at radius 2 is 2.14 bits per heavy atom. The van der Waals surface area contributed by atoms with Gasteiger partial charge in [0.15, 0.2) is 0 Å². The lowest BCUT2D eigenvalue weighted by Gasteiger charge is -2.34. The number of aliphatic carboxylic acids is 1. The largest absolute Gasteiger partial charge is 0.497 e. The van der Waals surface area contributed by atoms with E-state index in [-0.39, 0.29) is 0 Å². The van der Waals surface area contributed by atoms with Crippen molar-refractivity contribution in [2.24, 2.45) is 5.92 Å². The SMILES string of the molecule is COc1ccc2[nH]cc([C@H](C(=O)O)N3CCC(C)CC3)c2c1. The molecule has 1 aromatic heterocycles. The highest BCUT2D eigenvalue weighted by Crippen LogP contribution is 2.33. The summed E-state index contributed by atoms with van der Waals surface area (Å²) >= 11 is 0. The Kier molecular flexibility index (Phi) is 4.07. The number of carbonyl (C=O) groups is 1. The first-order chi connectivity index (χ1) is 10.6. The average molecular weight is 302 g/mol. The zero-order valence-corrected chi connectivity index (χ0v) is 13.0. The Hall–Kier alpha value is -2.01. The summed E-state index contributed by atoms with van der Waals surface area (Å²) in [5.41, 5.74) is 1.75. The number of piperidine rings is 1. The highest BCUT2D eigenvalue weighted by molar-refractivity contribution is 5.90. The molecule has 1 saturated heterocycles. The lowest BCUT2D eigenvalue weighted by Crippen LogP contribution is -2.39. The van der Waals surface area contributed by atoms with E-state index in [1.54, 1.807) is 7.11 Å². The van der Waals surface area contributed by atoms with Gasteiger partial charge in [-0.25, -0.2) is 0 Å². The summed E-state index contributed by atoms with van der Waals surface area (Å²) < 4.78 is 5.27. The van der Waals surface area contributed by atoms with Gasteiger partial charge in [-0.2, -0.15) is 0 Å². The minimum absolute atomic E-state index is 0.603. The Morgan fingerprint density at radius 1 is 1.41 bits per heavy atom. The molecule has 0 saturated carbocycles. The number of hydrogen-bond acceptors (Lipinski definition) is 3. The van der Waals surface area contributed by atoms with Gasteiger partial charge in [0.05, 0.1) is 7.11 Å². The summed E-state index contributed by atoms with van der Waals surface area (Å²) in [7, 11) is 1.62. The molecular formula is C17H22N2O3. The van der Waals surface area contributed by atoms with Crippen LogP contribution in [0, 0.1) is 5.92 Å². The number of aromatic amines is 1. The van der Waals surface area contributed by atoms with E-state index >= 15 is 0 Å². The van der Waals surface area contributed by atoms with Crippen LogP contribution in [0.25, 0.3) is 10.9 Å². The van der Waals surface area contributed by atoms with Crippen LogP contribution in [0.2, 0.25) is 0 Å². The second-order valence-corrected chi connectivity index (χ2v) is 6.11. The monoisotopic (exact) mass is 302 g/mol. The van der Waals surface area contributed by atoms with Crippen molar-refractivity contribution in [1.29, 1.82) is 0 Å². The summed E-state index contributed by atoms with van der Waals surface area (Å²) in [5.74, 6) is 0.622. The molecule has 0 spiro atoms. The van der Waals surface area contributed by atoms with E-state index in [1.165, 1.54) is 0 Å². The number of benzene rings is 1. The van der Waals surface area contributed by atoms with Crippen LogP contribution in [0.3, 0.4) is 0 Å². The number of methoxy groups -OCH3 is 1. The van der Waals surface area contributed by atoms with Crippen molar-refractivity contribution in [3.05, 3.63) is 30.0 Å². The Morgan fingerprint density at radius 3 is 2.77 bits per heavy atom. The fourth-order valence-corrected chi connectivity index (χ4v) is 3.25. The highest BCUT2D eigenvalue weighted by atomic mass is 16.5. The van der Waals surface area contributed by atoms with E-state index < -0.39 is 12.0 Å². The molecule has 2 N–H and O–H groups in total. The minimum atomic E-state index is -0.793. The predicted molar refractivity (Wildman–Crippen MR) is 85.2 cm³/mol. The number of hydrogen-bond donors (Lipinski definition) is 2. The number of H-pyrrole nitrogens is 1. The normalized spacial score (nSPS) is 18.5. The van der Waals surface area contributed by atoms with Gasteiger partial charge >= 0.3 is 5.97 Å². The molecule has 0 aliphatic carbocycles. The van der Waals surface area contributed by atoms with Crippen molar-refractivity contribution in [3.63, 3.8) is 0 Å². The molecule has 5 heteroatoms. The molecule has 0 bridgehead atoms. The van der Waals surface area contributed by atoms with E-state index in [4.69, 9.17) is 4.74 Å². The summed E-state index contributed by atoms with van der Waals surface area (Å²) in [4.78, 5) is 17.1. The van der Waals surface area contributed by atoms with Gasteiger partial charge in [-0.1, -0.05) is 6.92 Å². The van der Waals surface area contributed by atoms with Crippen LogP contribution < -0.4 is 4.74 Å². The zero-order valence-electron chi connectivity index (χ0n) is 13.0. The molecule has 1 aliphatic heterocycles. The molecule has 1 atom stereocenters. The summed E-state index contributed by atoms with van der Waals surface area (Å²) in [6.45, 7) is 3.88. The van der Waals surface area contributed by atoms with Crippen LogP contribution in [0.1, 0.15) is 31.4 Å². The van der Waals surface area contributed by atoms with Crippen molar-refractivity contribution in [3.8, 4) is 5.75 Å². The molecule has 1 aromatic carbocycles. The van der Waals surface area contributed by atoms with Gasteiger partial charge in [-0.05, 0) is 50.0 Å². The average Bonchev–Trinajstić information content (AvgIpc) is 2.92. The zero-order chi connectivity index (χ0) is 15.7. The second-order valence-electron chi connectivity index (χ2n) is 6.11. The smallest absolute Gasteiger partial charge is 0.325 e. The molecular weight excluding hydrogens is 280 g/mol. The number of nitrogens with zero attached hydrogens (tertiary/aromatic N) is 1. The van der Waals surface area contributed by atoms with Crippen LogP contribution in [0.5, 0.6) is 5.75 Å². The number of nitrogens with one attached hydrogen (secondary N) is 1. The third-order valence-electron chi connectivity index (χ3n) is 4.63. The number of likely N-dealkylation sites (tertiary alicyclic amines) is 1. The van der Waals surface area contributed by atoms with Crippen molar-refractivity contribution in [2.45, 2.75) is 25.8 Å². The molecule has 1 aliphatic rings. The van der Waals surface area contributed by atoms with Crippen molar-refractivity contribution >= 4 is 16.9 Å². The Balaban J connectivity index is 1.99. The van der Waals surface area contributed by atoms with Gasteiger partial charge in [-0.15, -0.1) is 0 Å². The van der Waals surface area contributed by atoms with Crippen molar-refractivity contribution < 1.29 is 14.6 Å². The lowest BCUT2D eigenvalue weighted by atomic mass is 9.95. The molecule has 118 valence electrons. The number of rotatable bonds is 4. The van der Waals surface area contributed by atoms with Crippen LogP contribution in [0.4, 0.5) is 0 Å². The van der Waals surface area contributed by atoms with Gasteiger partial charge in [0, 0.05) is 22.7 Å². The van der Waals surface area contributed by atoms with Crippen molar-refractivity contribution in [2.75, 3.05) is 20.2 Å². The molecule has 3 rings (SSSR count). The molecule has 0 amide bonds. The van der Waals surface area contributed by atoms with Crippen LogP contribution in [-0.4, -0.2) is 41.2 Å². The molecule has 0 radical (unpaired) electrons. The molecule has 2 heterocycles. The van der Waals surface area contributed by atoms with Crippen LogP contribution >= 0.6 is 0 Å². The van der Waals surface area contributed by atoms with E-state index in [0.29, 0.717) is 5.92 Å². The quantitative estimate of drug-likeness (QED) is 0.911. The number of carboxylic acid groups (broad SMARTS) is 1. The van der Waals surface area contributed by atoms with E-state index in [1.807, 2.05) is 24.4 Å². The first-order valence-electron chi connectivity index (χ1n) is 7.72. The van der Waals surface area contributed by atoms with Crippen LogP contribution in [-0.2, 0) is 4.79 Å². The number of aromatic nitrogens is 1.